The van der Waals surface area contributed by atoms with Crippen LogP contribution in [0.25, 0.3) is 10.2 Å². The molecule has 0 saturated carbocycles. The Balaban J connectivity index is 1.42. The molecule has 7 heteroatoms. The minimum absolute atomic E-state index is 0.107. The van der Waals surface area contributed by atoms with Gasteiger partial charge in [0.25, 0.3) is 5.91 Å². The lowest BCUT2D eigenvalue weighted by Gasteiger charge is -2.34. The van der Waals surface area contributed by atoms with Crippen LogP contribution >= 0.6 is 23.1 Å². The van der Waals surface area contributed by atoms with Crippen molar-refractivity contribution >= 4 is 44.4 Å². The Kier molecular flexibility index (Phi) is 6.35. The molecule has 2 aromatic carbocycles. The van der Waals surface area contributed by atoms with Crippen LogP contribution in [-0.4, -0.2) is 47.7 Å². The summed E-state index contributed by atoms with van der Waals surface area (Å²) in [5, 5.41) is 0.897. The number of hydrogen-bond donors (Lipinski definition) is 0. The molecule has 0 aliphatic carbocycles. The van der Waals surface area contributed by atoms with Crippen molar-refractivity contribution in [1.29, 1.82) is 0 Å². The van der Waals surface area contributed by atoms with Gasteiger partial charge in [-0.3, -0.25) is 4.79 Å². The Bertz CT molecular complexity index is 999. The molecule has 1 saturated heterocycles. The SMILES string of the molecule is CCCCSc1ccccc1C(=O)N1CCN(c2nc3ccc(F)cc3s2)CC1. The second-order valence-corrected chi connectivity index (χ2v) is 9.23. The molecule has 1 aromatic heterocycles. The summed E-state index contributed by atoms with van der Waals surface area (Å²) in [6, 6.07) is 12.6. The molecule has 152 valence electrons. The van der Waals surface area contributed by atoms with E-state index in [4.69, 9.17) is 0 Å². The molecule has 1 aliphatic heterocycles. The predicted octanol–water partition coefficient (Wildman–Crippen LogP) is 5.29. The number of aromatic nitrogens is 1. The van der Waals surface area contributed by atoms with Crippen LogP contribution in [-0.2, 0) is 0 Å². The molecule has 3 aromatic rings. The quantitative estimate of drug-likeness (QED) is 0.394. The molecule has 2 heterocycles. The number of thioether (sulfide) groups is 1. The molecular weight excluding hydrogens is 405 g/mol. The monoisotopic (exact) mass is 429 g/mol. The number of rotatable bonds is 6. The van der Waals surface area contributed by atoms with Crippen LogP contribution in [0.3, 0.4) is 0 Å². The Morgan fingerprint density at radius 1 is 1.17 bits per heavy atom. The number of unbranched alkanes of at least 4 members (excludes halogenated alkanes) is 1. The zero-order valence-electron chi connectivity index (χ0n) is 16.4. The number of hydrogen-bond acceptors (Lipinski definition) is 5. The number of nitrogens with zero attached hydrogens (tertiary/aromatic N) is 3. The number of fused-ring (bicyclic) bond motifs is 1. The zero-order valence-corrected chi connectivity index (χ0v) is 18.1. The van der Waals surface area contributed by atoms with Crippen LogP contribution in [0.15, 0.2) is 47.4 Å². The standard InChI is InChI=1S/C22H24FN3OS2/c1-2-3-14-28-19-7-5-4-6-17(19)21(27)25-10-12-26(13-11-25)22-24-18-9-8-16(23)15-20(18)29-22/h4-9,15H,2-3,10-14H2,1H3. The molecule has 4 rings (SSSR count). The van der Waals surface area contributed by atoms with Gasteiger partial charge in [-0.1, -0.05) is 36.8 Å². The van der Waals surface area contributed by atoms with E-state index in [0.29, 0.717) is 13.1 Å². The zero-order chi connectivity index (χ0) is 20.2. The average molecular weight is 430 g/mol. The lowest BCUT2D eigenvalue weighted by atomic mass is 10.2. The van der Waals surface area contributed by atoms with Crippen LogP contribution in [0, 0.1) is 5.82 Å². The third kappa shape index (κ3) is 4.56. The smallest absolute Gasteiger partial charge is 0.255 e. The maximum Gasteiger partial charge on any atom is 0.255 e. The van der Waals surface area contributed by atoms with Gasteiger partial charge in [-0.25, -0.2) is 9.37 Å². The Morgan fingerprint density at radius 3 is 2.76 bits per heavy atom. The highest BCUT2D eigenvalue weighted by Gasteiger charge is 2.25. The first-order valence-electron chi connectivity index (χ1n) is 9.98. The maximum absolute atomic E-state index is 13.4. The Hall–Kier alpha value is -2.12. The molecule has 0 N–H and O–H groups in total. The fourth-order valence-electron chi connectivity index (χ4n) is 3.39. The van der Waals surface area contributed by atoms with Gasteiger partial charge in [-0.2, -0.15) is 0 Å². The molecule has 0 spiro atoms. The summed E-state index contributed by atoms with van der Waals surface area (Å²) in [5.74, 6) is 0.904. The summed E-state index contributed by atoms with van der Waals surface area (Å²) < 4.78 is 14.3. The number of amides is 1. The summed E-state index contributed by atoms with van der Waals surface area (Å²) in [6.45, 7) is 4.98. The number of anilines is 1. The predicted molar refractivity (Wildman–Crippen MR) is 120 cm³/mol. The van der Waals surface area contributed by atoms with Gasteiger partial charge in [0.15, 0.2) is 5.13 Å². The third-order valence-electron chi connectivity index (χ3n) is 5.05. The van der Waals surface area contributed by atoms with E-state index in [1.165, 1.54) is 23.5 Å². The van der Waals surface area contributed by atoms with Crippen molar-refractivity contribution in [3.8, 4) is 0 Å². The van der Waals surface area contributed by atoms with E-state index in [0.717, 1.165) is 57.5 Å². The minimum Gasteiger partial charge on any atom is -0.345 e. The van der Waals surface area contributed by atoms with E-state index in [2.05, 4.69) is 16.8 Å². The van der Waals surface area contributed by atoms with E-state index in [-0.39, 0.29) is 11.7 Å². The molecule has 1 amide bonds. The number of piperazine rings is 1. The largest absolute Gasteiger partial charge is 0.345 e. The number of carbonyl (C=O) groups is 1. The van der Waals surface area contributed by atoms with E-state index in [9.17, 15) is 9.18 Å². The van der Waals surface area contributed by atoms with Crippen molar-refractivity contribution < 1.29 is 9.18 Å². The highest BCUT2D eigenvalue weighted by atomic mass is 32.2. The average Bonchev–Trinajstić information content (AvgIpc) is 3.17. The molecule has 29 heavy (non-hydrogen) atoms. The van der Waals surface area contributed by atoms with Gasteiger partial charge in [0.1, 0.15) is 5.82 Å². The van der Waals surface area contributed by atoms with Gasteiger partial charge < -0.3 is 9.80 Å². The summed E-state index contributed by atoms with van der Waals surface area (Å²) in [5.41, 5.74) is 1.63. The molecule has 0 bridgehead atoms. The van der Waals surface area contributed by atoms with Crippen molar-refractivity contribution in [1.82, 2.24) is 9.88 Å². The number of benzene rings is 2. The topological polar surface area (TPSA) is 36.4 Å². The molecule has 4 nitrogen and oxygen atoms in total. The van der Waals surface area contributed by atoms with Crippen molar-refractivity contribution in [3.05, 3.63) is 53.8 Å². The molecule has 0 atom stereocenters. The van der Waals surface area contributed by atoms with Crippen molar-refractivity contribution in [2.45, 2.75) is 24.7 Å². The van der Waals surface area contributed by atoms with Crippen molar-refractivity contribution in [2.24, 2.45) is 0 Å². The Labute approximate surface area is 178 Å². The molecule has 0 radical (unpaired) electrons. The summed E-state index contributed by atoms with van der Waals surface area (Å²) in [6.07, 6.45) is 2.31. The van der Waals surface area contributed by atoms with Crippen LogP contribution < -0.4 is 4.90 Å². The molecule has 0 unspecified atom stereocenters. The van der Waals surface area contributed by atoms with Crippen molar-refractivity contribution in [2.75, 3.05) is 36.8 Å². The lowest BCUT2D eigenvalue weighted by Crippen LogP contribution is -2.48. The summed E-state index contributed by atoms with van der Waals surface area (Å²) >= 11 is 3.27. The van der Waals surface area contributed by atoms with Gasteiger partial charge in [-0.15, -0.1) is 11.8 Å². The van der Waals surface area contributed by atoms with Gasteiger partial charge in [0.05, 0.1) is 15.8 Å². The Morgan fingerprint density at radius 2 is 1.97 bits per heavy atom. The highest BCUT2D eigenvalue weighted by Crippen LogP contribution is 2.30. The third-order valence-corrected chi connectivity index (χ3v) is 7.29. The van der Waals surface area contributed by atoms with Crippen LogP contribution in [0.5, 0.6) is 0 Å². The first kappa shape index (κ1) is 20.2. The lowest BCUT2D eigenvalue weighted by molar-refractivity contribution is 0.0743. The van der Waals surface area contributed by atoms with Gasteiger partial charge in [0, 0.05) is 31.1 Å². The normalized spacial score (nSPS) is 14.6. The molecule has 1 aliphatic rings. The molecular formula is C22H24FN3OS2. The van der Waals surface area contributed by atoms with E-state index in [1.807, 2.05) is 29.2 Å². The van der Waals surface area contributed by atoms with Crippen LogP contribution in [0.4, 0.5) is 9.52 Å². The van der Waals surface area contributed by atoms with E-state index >= 15 is 0 Å². The fraction of sp³-hybridized carbons (Fsp3) is 0.364. The number of halogens is 1. The second kappa shape index (κ2) is 9.13. The number of carbonyl (C=O) groups excluding carboxylic acids is 1. The maximum atomic E-state index is 13.4. The first-order chi connectivity index (χ1) is 14.2. The highest BCUT2D eigenvalue weighted by molar-refractivity contribution is 7.99. The minimum atomic E-state index is -0.237. The van der Waals surface area contributed by atoms with E-state index in [1.54, 1.807) is 17.8 Å². The molecule has 1 fully saturated rings. The van der Waals surface area contributed by atoms with Gasteiger partial charge >= 0.3 is 0 Å². The fourth-order valence-corrected chi connectivity index (χ4v) is 5.57. The van der Waals surface area contributed by atoms with E-state index < -0.39 is 0 Å². The summed E-state index contributed by atoms with van der Waals surface area (Å²) in [7, 11) is 0. The number of thiazole rings is 1. The van der Waals surface area contributed by atoms with Crippen molar-refractivity contribution in [3.63, 3.8) is 0 Å². The van der Waals surface area contributed by atoms with Crippen LogP contribution in [0.1, 0.15) is 30.1 Å². The van der Waals surface area contributed by atoms with Gasteiger partial charge in [-0.05, 0) is 42.5 Å². The first-order valence-corrected chi connectivity index (χ1v) is 11.8. The van der Waals surface area contributed by atoms with Gasteiger partial charge in [0.2, 0.25) is 0 Å². The second-order valence-electron chi connectivity index (χ2n) is 7.09. The summed E-state index contributed by atoms with van der Waals surface area (Å²) in [4.78, 5) is 22.9. The van der Waals surface area contributed by atoms with Crippen LogP contribution in [0.2, 0.25) is 0 Å².